The molecule has 0 radical (unpaired) electrons. The molecule has 0 spiro atoms. The van der Waals surface area contributed by atoms with Gasteiger partial charge in [0.1, 0.15) is 5.75 Å². The van der Waals surface area contributed by atoms with E-state index in [2.05, 4.69) is 18.6 Å². The van der Waals surface area contributed by atoms with Crippen molar-refractivity contribution in [2.45, 2.75) is 56.9 Å². The van der Waals surface area contributed by atoms with Crippen LogP contribution in [0.1, 0.15) is 46.0 Å². The predicted molar refractivity (Wildman–Crippen MR) is 101 cm³/mol. The van der Waals surface area contributed by atoms with Gasteiger partial charge in [-0.25, -0.2) is 13.1 Å². The third-order valence-electron chi connectivity index (χ3n) is 5.01. The Morgan fingerprint density at radius 1 is 1.08 bits per heavy atom. The summed E-state index contributed by atoms with van der Waals surface area (Å²) in [6.07, 6.45) is 5.18. The van der Waals surface area contributed by atoms with Crippen LogP contribution in [0.3, 0.4) is 0 Å². The quantitative estimate of drug-likeness (QED) is 0.825. The first-order valence-electron chi connectivity index (χ1n) is 9.20. The summed E-state index contributed by atoms with van der Waals surface area (Å²) in [4.78, 5) is 0.338. The van der Waals surface area contributed by atoms with E-state index >= 15 is 0 Å². The molecule has 1 aliphatic rings. The first-order valence-corrected chi connectivity index (χ1v) is 10.7. The van der Waals surface area contributed by atoms with Gasteiger partial charge in [-0.1, -0.05) is 51.0 Å². The maximum atomic E-state index is 13.0. The Hall–Kier alpha value is -1.59. The minimum atomic E-state index is -3.56. The molecule has 1 aliphatic carbocycles. The molecule has 0 aliphatic heterocycles. The zero-order valence-electron chi connectivity index (χ0n) is 15.0. The van der Waals surface area contributed by atoms with Gasteiger partial charge in [0.2, 0.25) is 10.0 Å². The van der Waals surface area contributed by atoms with Crippen molar-refractivity contribution in [3.8, 4) is 5.75 Å². The van der Waals surface area contributed by atoms with E-state index in [1.807, 2.05) is 24.3 Å². The second kappa shape index (κ2) is 7.75. The molecular formula is C20H27NO3S. The van der Waals surface area contributed by atoms with E-state index in [1.54, 1.807) is 12.1 Å². The zero-order chi connectivity index (χ0) is 17.9. The molecule has 0 aromatic heterocycles. The van der Waals surface area contributed by atoms with Gasteiger partial charge in [0, 0.05) is 16.8 Å². The Kier molecular flexibility index (Phi) is 5.64. The van der Waals surface area contributed by atoms with Crippen molar-refractivity contribution in [1.29, 1.82) is 0 Å². The van der Waals surface area contributed by atoms with Crippen LogP contribution in [0.4, 0.5) is 0 Å². The molecule has 0 unspecified atom stereocenters. The molecule has 2 aromatic carbocycles. The van der Waals surface area contributed by atoms with Crippen LogP contribution in [0.5, 0.6) is 5.75 Å². The highest BCUT2D eigenvalue weighted by atomic mass is 32.2. The smallest absolute Gasteiger partial charge is 0.241 e. The molecule has 1 N–H and O–H groups in total. The van der Waals surface area contributed by atoms with Crippen LogP contribution < -0.4 is 9.46 Å². The Morgan fingerprint density at radius 2 is 1.80 bits per heavy atom. The highest BCUT2D eigenvalue weighted by molar-refractivity contribution is 7.89. The van der Waals surface area contributed by atoms with Crippen LogP contribution in [0.25, 0.3) is 10.8 Å². The maximum Gasteiger partial charge on any atom is 0.241 e. The number of nitrogens with one attached hydrogen (secondary N) is 1. The fraction of sp³-hybridized carbons (Fsp3) is 0.500. The molecule has 0 bridgehead atoms. The van der Waals surface area contributed by atoms with E-state index in [1.165, 1.54) is 6.42 Å². The molecule has 4 nitrogen and oxygen atoms in total. The van der Waals surface area contributed by atoms with Gasteiger partial charge in [-0.15, -0.1) is 0 Å². The van der Waals surface area contributed by atoms with Crippen LogP contribution in [-0.4, -0.2) is 21.1 Å². The van der Waals surface area contributed by atoms with Crippen LogP contribution in [-0.2, 0) is 10.0 Å². The molecule has 1 saturated carbocycles. The van der Waals surface area contributed by atoms with Crippen LogP contribution in [0.2, 0.25) is 0 Å². The fourth-order valence-corrected chi connectivity index (χ4v) is 5.16. The number of rotatable bonds is 6. The van der Waals surface area contributed by atoms with Crippen LogP contribution in [0.15, 0.2) is 41.3 Å². The lowest BCUT2D eigenvalue weighted by atomic mass is 9.87. The monoisotopic (exact) mass is 361 g/mol. The van der Waals surface area contributed by atoms with E-state index in [0.29, 0.717) is 22.8 Å². The number of sulfonamides is 1. The lowest BCUT2D eigenvalue weighted by Gasteiger charge is -2.29. The predicted octanol–water partition coefficient (Wildman–Crippen LogP) is 4.49. The topological polar surface area (TPSA) is 55.4 Å². The molecule has 2 aromatic rings. The van der Waals surface area contributed by atoms with E-state index in [-0.39, 0.29) is 6.04 Å². The molecule has 2 atom stereocenters. The lowest BCUT2D eigenvalue weighted by molar-refractivity contribution is 0.310. The van der Waals surface area contributed by atoms with Gasteiger partial charge < -0.3 is 4.74 Å². The number of fused-ring (bicyclic) bond motifs is 1. The van der Waals surface area contributed by atoms with Crippen LogP contribution in [0, 0.1) is 5.92 Å². The van der Waals surface area contributed by atoms with Gasteiger partial charge in [-0.2, -0.15) is 0 Å². The third kappa shape index (κ3) is 3.98. The minimum Gasteiger partial charge on any atom is -0.493 e. The highest BCUT2D eigenvalue weighted by Gasteiger charge is 2.28. The largest absolute Gasteiger partial charge is 0.493 e. The Morgan fingerprint density at radius 3 is 2.52 bits per heavy atom. The van der Waals surface area contributed by atoms with E-state index in [4.69, 9.17) is 4.74 Å². The number of benzene rings is 2. The molecule has 0 heterocycles. The van der Waals surface area contributed by atoms with Crippen molar-refractivity contribution >= 4 is 20.8 Å². The second-order valence-electron chi connectivity index (χ2n) is 6.95. The molecule has 136 valence electrons. The molecule has 25 heavy (non-hydrogen) atoms. The average molecular weight is 362 g/mol. The summed E-state index contributed by atoms with van der Waals surface area (Å²) in [6.45, 7) is 4.80. The second-order valence-corrected chi connectivity index (χ2v) is 8.63. The summed E-state index contributed by atoms with van der Waals surface area (Å²) in [6, 6.07) is 11.0. The minimum absolute atomic E-state index is 0.0218. The first kappa shape index (κ1) is 18.2. The normalized spacial score (nSPS) is 21.4. The molecule has 0 saturated heterocycles. The van der Waals surface area contributed by atoms with Crippen molar-refractivity contribution in [3.63, 3.8) is 0 Å². The SMILES string of the molecule is CCCOc1ccc(S(=O)(=O)N[C@@H]2CCCC[C@@H]2C)c2ccccc12. The molecular weight excluding hydrogens is 334 g/mol. The summed E-state index contributed by atoms with van der Waals surface area (Å²) in [5, 5.41) is 1.56. The average Bonchev–Trinajstić information content (AvgIpc) is 2.61. The summed E-state index contributed by atoms with van der Waals surface area (Å²) >= 11 is 0. The van der Waals surface area contributed by atoms with Crippen LogP contribution >= 0.6 is 0 Å². The highest BCUT2D eigenvalue weighted by Crippen LogP contribution is 2.32. The Bertz CT molecular complexity index is 832. The fourth-order valence-electron chi connectivity index (χ4n) is 3.57. The first-order chi connectivity index (χ1) is 12.0. The number of hydrogen-bond acceptors (Lipinski definition) is 3. The van der Waals surface area contributed by atoms with E-state index < -0.39 is 10.0 Å². The van der Waals surface area contributed by atoms with Crippen molar-refractivity contribution in [2.24, 2.45) is 5.92 Å². The summed E-state index contributed by atoms with van der Waals surface area (Å²) in [7, 11) is -3.56. The molecule has 5 heteroatoms. The van der Waals surface area contributed by atoms with Gasteiger partial charge in [0.25, 0.3) is 0 Å². The summed E-state index contributed by atoms with van der Waals surface area (Å²) in [5.41, 5.74) is 0. The molecule has 3 rings (SSSR count). The Labute approximate surface area is 150 Å². The van der Waals surface area contributed by atoms with Crippen molar-refractivity contribution in [1.82, 2.24) is 4.72 Å². The van der Waals surface area contributed by atoms with Gasteiger partial charge in [0.05, 0.1) is 11.5 Å². The number of hydrogen-bond donors (Lipinski definition) is 1. The molecule has 1 fully saturated rings. The van der Waals surface area contributed by atoms with E-state index in [9.17, 15) is 8.42 Å². The van der Waals surface area contributed by atoms with Crippen molar-refractivity contribution < 1.29 is 13.2 Å². The van der Waals surface area contributed by atoms with Crippen molar-refractivity contribution in [3.05, 3.63) is 36.4 Å². The van der Waals surface area contributed by atoms with Gasteiger partial charge in [-0.05, 0) is 37.3 Å². The summed E-state index contributed by atoms with van der Waals surface area (Å²) in [5.74, 6) is 1.12. The van der Waals surface area contributed by atoms with Crippen molar-refractivity contribution in [2.75, 3.05) is 6.61 Å². The van der Waals surface area contributed by atoms with E-state index in [0.717, 1.165) is 36.8 Å². The standard InChI is InChI=1S/C20H27NO3S/c1-3-14-24-19-12-13-20(17-10-6-5-9-16(17)19)25(22,23)21-18-11-7-4-8-15(18)2/h5-6,9-10,12-13,15,18,21H,3-4,7-8,11,14H2,1-2H3/t15-,18+/m0/s1. The maximum absolute atomic E-state index is 13.0. The van der Waals surface area contributed by atoms with Gasteiger partial charge >= 0.3 is 0 Å². The number of ether oxygens (including phenoxy) is 1. The van der Waals surface area contributed by atoms with Gasteiger partial charge in [0.15, 0.2) is 0 Å². The Balaban J connectivity index is 1.97. The zero-order valence-corrected chi connectivity index (χ0v) is 15.8. The third-order valence-corrected chi connectivity index (χ3v) is 6.56. The molecule has 0 amide bonds. The summed E-state index contributed by atoms with van der Waals surface area (Å²) < 4.78 is 34.8. The lowest BCUT2D eigenvalue weighted by Crippen LogP contribution is -2.41. The van der Waals surface area contributed by atoms with Gasteiger partial charge in [-0.3, -0.25) is 0 Å².